The molecule has 5 nitrogen and oxygen atoms in total. The lowest BCUT2D eigenvalue weighted by molar-refractivity contribution is 0.156. The number of hydrogen-bond acceptors (Lipinski definition) is 4. The lowest BCUT2D eigenvalue weighted by atomic mass is 9.94. The van der Waals surface area contributed by atoms with Crippen LogP contribution in [0.4, 0.5) is 0 Å². The van der Waals surface area contributed by atoms with Crippen molar-refractivity contribution in [2.24, 2.45) is 0 Å². The molecule has 0 saturated heterocycles. The van der Waals surface area contributed by atoms with E-state index in [9.17, 15) is 4.79 Å². The Morgan fingerprint density at radius 3 is 2.77 bits per heavy atom. The molecular weight excluding hydrogens is 326 g/mol. The van der Waals surface area contributed by atoms with Crippen molar-refractivity contribution in [3.63, 3.8) is 0 Å². The second kappa shape index (κ2) is 9.10. The van der Waals surface area contributed by atoms with E-state index in [1.165, 1.54) is 43.7 Å². The van der Waals surface area contributed by atoms with Crippen LogP contribution in [0.2, 0.25) is 0 Å². The Kier molecular flexibility index (Phi) is 6.58. The fourth-order valence-electron chi connectivity index (χ4n) is 3.86. The maximum absolute atomic E-state index is 11.9. The minimum atomic E-state index is -0.148. The zero-order valence-electron chi connectivity index (χ0n) is 15.8. The number of aromatic nitrogens is 2. The lowest BCUT2D eigenvalue weighted by Gasteiger charge is -2.33. The highest BCUT2D eigenvalue weighted by atomic mass is 16.5. The monoisotopic (exact) mass is 355 g/mol. The molecule has 3 rings (SSSR count). The van der Waals surface area contributed by atoms with Gasteiger partial charge in [-0.3, -0.25) is 9.69 Å². The number of nitrogens with zero attached hydrogens (tertiary/aromatic N) is 2. The first kappa shape index (κ1) is 18.8. The summed E-state index contributed by atoms with van der Waals surface area (Å²) in [6.45, 7) is 4.58. The summed E-state index contributed by atoms with van der Waals surface area (Å²) < 4.78 is 5.11. The average molecular weight is 355 g/mol. The number of nitrogens with one attached hydrogen (secondary N) is 1. The second-order valence-electron chi connectivity index (χ2n) is 7.07. The summed E-state index contributed by atoms with van der Waals surface area (Å²) in [6, 6.07) is 10.5. The van der Waals surface area contributed by atoms with Gasteiger partial charge in [0.05, 0.1) is 12.3 Å². The number of benzene rings is 1. The maximum atomic E-state index is 11.9. The van der Waals surface area contributed by atoms with Crippen molar-refractivity contribution >= 4 is 0 Å². The Bertz CT molecular complexity index is 766. The molecule has 0 unspecified atom stereocenters. The molecule has 1 aliphatic rings. The van der Waals surface area contributed by atoms with Gasteiger partial charge in [0, 0.05) is 31.3 Å². The molecule has 1 fully saturated rings. The van der Waals surface area contributed by atoms with Crippen LogP contribution in [0.1, 0.15) is 50.3 Å². The van der Waals surface area contributed by atoms with Crippen molar-refractivity contribution in [1.82, 2.24) is 14.9 Å². The lowest BCUT2D eigenvalue weighted by Crippen LogP contribution is -2.36. The van der Waals surface area contributed by atoms with Gasteiger partial charge in [-0.25, -0.2) is 4.98 Å². The second-order valence-corrected chi connectivity index (χ2v) is 7.07. The van der Waals surface area contributed by atoms with Crippen molar-refractivity contribution in [2.45, 2.75) is 58.2 Å². The van der Waals surface area contributed by atoms with Gasteiger partial charge in [-0.1, -0.05) is 44.4 Å². The molecule has 0 aliphatic heterocycles. The normalized spacial score (nSPS) is 15.5. The Labute approximate surface area is 155 Å². The largest absolute Gasteiger partial charge is 0.378 e. The van der Waals surface area contributed by atoms with Crippen LogP contribution in [0.3, 0.4) is 0 Å². The molecule has 0 amide bonds. The molecule has 0 radical (unpaired) electrons. The highest BCUT2D eigenvalue weighted by molar-refractivity contribution is 5.56. The van der Waals surface area contributed by atoms with Crippen molar-refractivity contribution in [2.75, 3.05) is 13.7 Å². The number of aromatic amines is 1. The molecule has 0 spiro atoms. The van der Waals surface area contributed by atoms with Crippen molar-refractivity contribution < 1.29 is 4.74 Å². The molecule has 1 heterocycles. The molecule has 140 valence electrons. The van der Waals surface area contributed by atoms with E-state index in [0.717, 1.165) is 18.7 Å². The first-order valence-corrected chi connectivity index (χ1v) is 9.62. The zero-order chi connectivity index (χ0) is 18.4. The predicted octanol–water partition coefficient (Wildman–Crippen LogP) is 3.74. The van der Waals surface area contributed by atoms with Gasteiger partial charge in [-0.15, -0.1) is 0 Å². The first-order chi connectivity index (χ1) is 12.7. The molecule has 1 aromatic carbocycles. The molecule has 26 heavy (non-hydrogen) atoms. The van der Waals surface area contributed by atoms with Gasteiger partial charge in [0.25, 0.3) is 5.56 Å². The summed E-state index contributed by atoms with van der Waals surface area (Å²) in [6.07, 6.45) is 6.68. The average Bonchev–Trinajstić information content (AvgIpc) is 2.67. The Morgan fingerprint density at radius 2 is 2.04 bits per heavy atom. The van der Waals surface area contributed by atoms with Crippen LogP contribution in [0.25, 0.3) is 11.4 Å². The van der Waals surface area contributed by atoms with E-state index in [1.807, 2.05) is 12.1 Å². The molecule has 1 N–H and O–H groups in total. The van der Waals surface area contributed by atoms with Crippen LogP contribution in [-0.4, -0.2) is 34.6 Å². The van der Waals surface area contributed by atoms with E-state index in [1.54, 1.807) is 7.11 Å². The Morgan fingerprint density at radius 1 is 1.23 bits per heavy atom. The SMILES string of the molecule is CCN(Cc1cccc(-c2nc(COC)cc(=O)[nH]2)c1)C1CCCCC1. The van der Waals surface area contributed by atoms with Crippen LogP contribution in [0, 0.1) is 0 Å². The van der Waals surface area contributed by atoms with E-state index in [4.69, 9.17) is 4.74 Å². The van der Waals surface area contributed by atoms with E-state index in [-0.39, 0.29) is 5.56 Å². The summed E-state index contributed by atoms with van der Waals surface area (Å²) >= 11 is 0. The first-order valence-electron chi connectivity index (χ1n) is 9.62. The summed E-state index contributed by atoms with van der Waals surface area (Å²) in [4.78, 5) is 21.9. The van der Waals surface area contributed by atoms with Crippen LogP contribution in [0.5, 0.6) is 0 Å². The summed E-state index contributed by atoms with van der Waals surface area (Å²) in [7, 11) is 1.60. The molecule has 2 aromatic rings. The highest BCUT2D eigenvalue weighted by Crippen LogP contribution is 2.25. The van der Waals surface area contributed by atoms with Gasteiger partial charge in [0.2, 0.25) is 0 Å². The molecule has 0 bridgehead atoms. The van der Waals surface area contributed by atoms with Gasteiger partial charge in [-0.2, -0.15) is 0 Å². The number of hydrogen-bond donors (Lipinski definition) is 1. The topological polar surface area (TPSA) is 58.2 Å². The zero-order valence-corrected chi connectivity index (χ0v) is 15.8. The van der Waals surface area contributed by atoms with Gasteiger partial charge in [0.15, 0.2) is 0 Å². The summed E-state index contributed by atoms with van der Waals surface area (Å²) in [5, 5.41) is 0. The number of ether oxygens (including phenoxy) is 1. The predicted molar refractivity (Wildman–Crippen MR) is 104 cm³/mol. The standard InChI is InChI=1S/C21H29N3O2/c1-3-24(19-10-5-4-6-11-19)14-16-8-7-9-17(12-16)21-22-18(15-26-2)13-20(25)23-21/h7-9,12-13,19H,3-6,10-11,14-15H2,1-2H3,(H,22,23,25). The minimum absolute atomic E-state index is 0.148. The van der Waals surface area contributed by atoms with Gasteiger partial charge in [-0.05, 0) is 31.0 Å². The van der Waals surface area contributed by atoms with Gasteiger partial charge >= 0.3 is 0 Å². The van der Waals surface area contributed by atoms with Crippen LogP contribution < -0.4 is 5.56 Å². The van der Waals surface area contributed by atoms with E-state index < -0.39 is 0 Å². The highest BCUT2D eigenvalue weighted by Gasteiger charge is 2.20. The third kappa shape index (κ3) is 4.80. The van der Waals surface area contributed by atoms with Crippen LogP contribution >= 0.6 is 0 Å². The third-order valence-electron chi connectivity index (χ3n) is 5.17. The molecular formula is C21H29N3O2. The Hall–Kier alpha value is -1.98. The third-order valence-corrected chi connectivity index (χ3v) is 5.17. The molecule has 5 heteroatoms. The Balaban J connectivity index is 1.80. The van der Waals surface area contributed by atoms with Crippen LogP contribution in [-0.2, 0) is 17.9 Å². The van der Waals surface area contributed by atoms with E-state index in [2.05, 4.69) is 33.9 Å². The van der Waals surface area contributed by atoms with E-state index in [0.29, 0.717) is 24.2 Å². The quantitative estimate of drug-likeness (QED) is 0.822. The number of H-pyrrole nitrogens is 1. The van der Waals surface area contributed by atoms with Crippen LogP contribution in [0.15, 0.2) is 35.1 Å². The maximum Gasteiger partial charge on any atom is 0.251 e. The number of rotatable bonds is 7. The van der Waals surface area contributed by atoms with Crippen molar-refractivity contribution in [3.8, 4) is 11.4 Å². The van der Waals surface area contributed by atoms with Crippen molar-refractivity contribution in [1.29, 1.82) is 0 Å². The summed E-state index contributed by atoms with van der Waals surface area (Å²) in [5.41, 5.74) is 2.70. The fourth-order valence-corrected chi connectivity index (χ4v) is 3.86. The van der Waals surface area contributed by atoms with Gasteiger partial charge in [0.1, 0.15) is 5.82 Å². The van der Waals surface area contributed by atoms with Gasteiger partial charge < -0.3 is 9.72 Å². The smallest absolute Gasteiger partial charge is 0.251 e. The molecule has 1 aliphatic carbocycles. The number of methoxy groups -OCH3 is 1. The molecule has 1 aromatic heterocycles. The molecule has 0 atom stereocenters. The minimum Gasteiger partial charge on any atom is -0.378 e. The summed E-state index contributed by atoms with van der Waals surface area (Å²) in [5.74, 6) is 0.604. The fraction of sp³-hybridized carbons (Fsp3) is 0.524. The van der Waals surface area contributed by atoms with E-state index >= 15 is 0 Å². The molecule has 1 saturated carbocycles. The van der Waals surface area contributed by atoms with Crippen molar-refractivity contribution in [3.05, 3.63) is 51.9 Å².